The fourth-order valence-corrected chi connectivity index (χ4v) is 2.78. The Balaban J connectivity index is 1.89. The van der Waals surface area contributed by atoms with Gasteiger partial charge in [-0.1, -0.05) is 13.8 Å². The molecule has 3 nitrogen and oxygen atoms in total. The Labute approximate surface area is 125 Å². The van der Waals surface area contributed by atoms with E-state index in [0.29, 0.717) is 29.6 Å². The number of benzene rings is 1. The molecule has 0 saturated heterocycles. The van der Waals surface area contributed by atoms with Crippen LogP contribution in [-0.2, 0) is 6.54 Å². The normalized spacial score (nSPS) is 20.0. The maximum absolute atomic E-state index is 13.7. The molecule has 1 aliphatic rings. The van der Waals surface area contributed by atoms with Crippen molar-refractivity contribution in [1.29, 1.82) is 5.26 Å². The van der Waals surface area contributed by atoms with Crippen LogP contribution in [0, 0.1) is 22.6 Å². The van der Waals surface area contributed by atoms with E-state index >= 15 is 0 Å². The molecule has 0 aromatic heterocycles. The Bertz CT molecular complexity index is 538. The van der Waals surface area contributed by atoms with Gasteiger partial charge in [-0.05, 0) is 49.3 Å². The first kappa shape index (κ1) is 15.9. The molecule has 0 amide bonds. The summed E-state index contributed by atoms with van der Waals surface area (Å²) in [4.78, 5) is 0. The second-order valence-corrected chi connectivity index (χ2v) is 6.91. The molecule has 0 atom stereocenters. The minimum atomic E-state index is -0.696. The smallest absolute Gasteiger partial charge is 0.127 e. The zero-order chi connectivity index (χ0) is 15.5. The molecule has 1 aliphatic carbocycles. The van der Waals surface area contributed by atoms with Crippen LogP contribution in [-0.4, -0.2) is 17.3 Å². The Morgan fingerprint density at radius 3 is 2.57 bits per heavy atom. The summed E-state index contributed by atoms with van der Waals surface area (Å²) in [5.41, 5.74) is 0.526. The fourth-order valence-electron chi connectivity index (χ4n) is 2.78. The lowest BCUT2D eigenvalue weighted by atomic mass is 9.71. The molecule has 0 spiro atoms. The lowest BCUT2D eigenvalue weighted by Gasteiger charge is -2.40. The van der Waals surface area contributed by atoms with Gasteiger partial charge in [0.15, 0.2) is 0 Å². The van der Waals surface area contributed by atoms with Crippen LogP contribution in [0.3, 0.4) is 0 Å². The summed E-state index contributed by atoms with van der Waals surface area (Å²) in [6.45, 7) is 5.23. The van der Waals surface area contributed by atoms with Gasteiger partial charge in [-0.15, -0.1) is 0 Å². The first-order chi connectivity index (χ1) is 9.84. The summed E-state index contributed by atoms with van der Waals surface area (Å²) in [5, 5.41) is 22.5. The number of nitrogens with zero attached hydrogens (tertiary/aromatic N) is 1. The SMILES string of the molecule is CC1(C)CCC(O)(CNCc2cc(C#N)ccc2F)CC1. The van der Waals surface area contributed by atoms with Crippen LogP contribution >= 0.6 is 0 Å². The average Bonchev–Trinajstić information content (AvgIpc) is 2.45. The van der Waals surface area contributed by atoms with E-state index in [-0.39, 0.29) is 5.82 Å². The van der Waals surface area contributed by atoms with E-state index in [1.807, 2.05) is 6.07 Å². The molecule has 4 heteroatoms. The first-order valence-corrected chi connectivity index (χ1v) is 7.45. The lowest BCUT2D eigenvalue weighted by Crippen LogP contribution is -2.44. The molecule has 0 unspecified atom stereocenters. The molecular formula is C17H23FN2O. The number of halogens is 1. The van der Waals surface area contributed by atoms with Crippen LogP contribution in [0.5, 0.6) is 0 Å². The third-order valence-electron chi connectivity index (χ3n) is 4.48. The Hall–Kier alpha value is -1.44. The molecular weight excluding hydrogens is 267 g/mol. The Morgan fingerprint density at radius 2 is 1.95 bits per heavy atom. The lowest BCUT2D eigenvalue weighted by molar-refractivity contribution is -0.0245. The molecule has 0 heterocycles. The molecule has 1 aromatic carbocycles. The van der Waals surface area contributed by atoms with Crippen molar-refractivity contribution in [3.05, 3.63) is 35.1 Å². The highest BCUT2D eigenvalue weighted by atomic mass is 19.1. The van der Waals surface area contributed by atoms with Crippen LogP contribution in [0.4, 0.5) is 4.39 Å². The standard InChI is InChI=1S/C17H23FN2O/c1-16(2)5-7-17(21,8-6-16)12-20-11-14-9-13(10-19)3-4-15(14)18/h3-4,9,20-21H,5-8,11-12H2,1-2H3. The van der Waals surface area contributed by atoms with Crippen molar-refractivity contribution < 1.29 is 9.50 Å². The van der Waals surface area contributed by atoms with Crippen LogP contribution in [0.15, 0.2) is 18.2 Å². The van der Waals surface area contributed by atoms with Crippen molar-refractivity contribution in [3.63, 3.8) is 0 Å². The number of hydrogen-bond acceptors (Lipinski definition) is 3. The van der Waals surface area contributed by atoms with Gasteiger partial charge >= 0.3 is 0 Å². The van der Waals surface area contributed by atoms with Gasteiger partial charge < -0.3 is 10.4 Å². The number of hydrogen-bond donors (Lipinski definition) is 2. The van der Waals surface area contributed by atoms with Gasteiger partial charge in [-0.2, -0.15) is 5.26 Å². The number of nitriles is 1. The van der Waals surface area contributed by atoms with Crippen LogP contribution in [0.25, 0.3) is 0 Å². The largest absolute Gasteiger partial charge is 0.389 e. The predicted molar refractivity (Wildman–Crippen MR) is 80.0 cm³/mol. The second kappa shape index (κ2) is 6.13. The van der Waals surface area contributed by atoms with Crippen molar-refractivity contribution in [2.24, 2.45) is 5.41 Å². The molecule has 21 heavy (non-hydrogen) atoms. The third-order valence-corrected chi connectivity index (χ3v) is 4.48. The zero-order valence-corrected chi connectivity index (χ0v) is 12.7. The Kier molecular flexibility index (Phi) is 4.65. The second-order valence-electron chi connectivity index (χ2n) is 6.91. The van der Waals surface area contributed by atoms with Crippen LogP contribution < -0.4 is 5.32 Å². The van der Waals surface area contributed by atoms with E-state index in [1.54, 1.807) is 6.07 Å². The van der Waals surface area contributed by atoms with Gasteiger partial charge in [0.25, 0.3) is 0 Å². The third kappa shape index (κ3) is 4.26. The summed E-state index contributed by atoms with van der Waals surface area (Å²) in [6, 6.07) is 6.34. The topological polar surface area (TPSA) is 56.0 Å². The predicted octanol–water partition coefficient (Wildman–Crippen LogP) is 3.12. The number of aliphatic hydroxyl groups is 1. The van der Waals surface area contributed by atoms with E-state index in [4.69, 9.17) is 5.26 Å². The summed E-state index contributed by atoms with van der Waals surface area (Å²) in [5.74, 6) is -0.321. The molecule has 1 saturated carbocycles. The van der Waals surface area contributed by atoms with Gasteiger partial charge in [0, 0.05) is 18.7 Å². The zero-order valence-electron chi connectivity index (χ0n) is 12.7. The highest BCUT2D eigenvalue weighted by molar-refractivity contribution is 5.33. The number of rotatable bonds is 4. The summed E-state index contributed by atoms with van der Waals surface area (Å²) >= 11 is 0. The van der Waals surface area contributed by atoms with Crippen molar-refractivity contribution in [2.75, 3.05) is 6.54 Å². The molecule has 0 aliphatic heterocycles. The van der Waals surface area contributed by atoms with Gasteiger partial charge in [0.1, 0.15) is 5.82 Å². The maximum Gasteiger partial charge on any atom is 0.127 e. The van der Waals surface area contributed by atoms with Crippen molar-refractivity contribution in [1.82, 2.24) is 5.32 Å². The van der Waals surface area contributed by atoms with E-state index in [2.05, 4.69) is 19.2 Å². The molecule has 2 N–H and O–H groups in total. The maximum atomic E-state index is 13.7. The van der Waals surface area contributed by atoms with Gasteiger partial charge in [-0.25, -0.2) is 4.39 Å². The molecule has 1 aromatic rings. The van der Waals surface area contributed by atoms with E-state index in [0.717, 1.165) is 25.7 Å². The van der Waals surface area contributed by atoms with Crippen molar-refractivity contribution in [3.8, 4) is 6.07 Å². The summed E-state index contributed by atoms with van der Waals surface area (Å²) in [7, 11) is 0. The van der Waals surface area contributed by atoms with Gasteiger partial charge in [0.05, 0.1) is 17.2 Å². The quantitative estimate of drug-likeness (QED) is 0.896. The van der Waals surface area contributed by atoms with Crippen LogP contribution in [0.1, 0.15) is 50.7 Å². The minimum Gasteiger partial charge on any atom is -0.389 e. The van der Waals surface area contributed by atoms with Crippen molar-refractivity contribution in [2.45, 2.75) is 51.7 Å². The first-order valence-electron chi connectivity index (χ1n) is 7.45. The molecule has 0 bridgehead atoms. The number of nitrogens with one attached hydrogen (secondary N) is 1. The monoisotopic (exact) mass is 290 g/mol. The minimum absolute atomic E-state index is 0.305. The van der Waals surface area contributed by atoms with Crippen LogP contribution in [0.2, 0.25) is 0 Å². The van der Waals surface area contributed by atoms with Gasteiger partial charge in [0.2, 0.25) is 0 Å². The molecule has 2 rings (SSSR count). The Morgan fingerprint density at radius 1 is 1.29 bits per heavy atom. The van der Waals surface area contributed by atoms with E-state index < -0.39 is 5.60 Å². The molecule has 0 radical (unpaired) electrons. The summed E-state index contributed by atoms with van der Waals surface area (Å²) < 4.78 is 13.7. The average molecular weight is 290 g/mol. The van der Waals surface area contributed by atoms with E-state index in [9.17, 15) is 9.50 Å². The fraction of sp³-hybridized carbons (Fsp3) is 0.588. The molecule has 114 valence electrons. The summed E-state index contributed by atoms with van der Waals surface area (Å²) in [6.07, 6.45) is 3.55. The van der Waals surface area contributed by atoms with E-state index in [1.165, 1.54) is 12.1 Å². The van der Waals surface area contributed by atoms with Crippen molar-refractivity contribution >= 4 is 0 Å². The highest BCUT2D eigenvalue weighted by Gasteiger charge is 2.36. The highest BCUT2D eigenvalue weighted by Crippen LogP contribution is 2.39. The molecule has 1 fully saturated rings. The van der Waals surface area contributed by atoms with Gasteiger partial charge in [-0.3, -0.25) is 0 Å².